The van der Waals surface area contributed by atoms with Gasteiger partial charge in [0.05, 0.1) is 0 Å². The highest BCUT2D eigenvalue weighted by Gasteiger charge is 2.17. The molecule has 0 aliphatic carbocycles. The first-order valence-electron chi connectivity index (χ1n) is 8.60. The second kappa shape index (κ2) is 9.17. The number of hydrogen-bond acceptors (Lipinski definition) is 5. The van der Waals surface area contributed by atoms with Gasteiger partial charge in [-0.2, -0.15) is 14.5 Å². The second-order valence-electron chi connectivity index (χ2n) is 5.75. The molecule has 0 unspecified atom stereocenters. The van der Waals surface area contributed by atoms with Crippen LogP contribution in [0.1, 0.15) is 70.4 Å². The molecule has 0 saturated heterocycles. The standard InChI is InChI=1S/C16H26N6O/c1-3-5-7-9-10-14-19-15(11-8-6-4-2)22(20-14)16(23)21-13-17-12-18-21/h12-13H,3-11H2,1-2H3. The molecule has 0 bridgehead atoms. The van der Waals surface area contributed by atoms with Crippen molar-refractivity contribution in [3.63, 3.8) is 0 Å². The van der Waals surface area contributed by atoms with Crippen molar-refractivity contribution in [2.45, 2.75) is 71.6 Å². The van der Waals surface area contributed by atoms with Crippen molar-refractivity contribution in [2.75, 3.05) is 0 Å². The molecule has 0 radical (unpaired) electrons. The molecule has 0 fully saturated rings. The highest BCUT2D eigenvalue weighted by Crippen LogP contribution is 2.10. The van der Waals surface area contributed by atoms with Crippen molar-refractivity contribution in [3.8, 4) is 0 Å². The Morgan fingerprint density at radius 3 is 2.48 bits per heavy atom. The van der Waals surface area contributed by atoms with Gasteiger partial charge in [0.25, 0.3) is 0 Å². The number of carbonyl (C=O) groups is 1. The molecule has 0 spiro atoms. The lowest BCUT2D eigenvalue weighted by atomic mass is 10.1. The van der Waals surface area contributed by atoms with Gasteiger partial charge in [-0.15, -0.1) is 5.10 Å². The highest BCUT2D eigenvalue weighted by molar-refractivity contribution is 5.77. The van der Waals surface area contributed by atoms with Crippen LogP contribution in [-0.2, 0) is 12.8 Å². The van der Waals surface area contributed by atoms with Crippen LogP contribution in [0.25, 0.3) is 0 Å². The minimum Gasteiger partial charge on any atom is -0.243 e. The van der Waals surface area contributed by atoms with Gasteiger partial charge in [0.2, 0.25) is 0 Å². The predicted molar refractivity (Wildman–Crippen MR) is 87.3 cm³/mol. The molecule has 0 saturated carbocycles. The molecular weight excluding hydrogens is 292 g/mol. The smallest absolute Gasteiger partial charge is 0.243 e. The van der Waals surface area contributed by atoms with Crippen molar-refractivity contribution in [2.24, 2.45) is 0 Å². The van der Waals surface area contributed by atoms with Gasteiger partial charge >= 0.3 is 6.03 Å². The molecule has 2 heterocycles. The van der Waals surface area contributed by atoms with Crippen LogP contribution >= 0.6 is 0 Å². The van der Waals surface area contributed by atoms with E-state index in [9.17, 15) is 4.79 Å². The fraction of sp³-hybridized carbons (Fsp3) is 0.688. The van der Waals surface area contributed by atoms with E-state index in [1.54, 1.807) is 0 Å². The summed E-state index contributed by atoms with van der Waals surface area (Å²) in [4.78, 5) is 20.9. The van der Waals surface area contributed by atoms with Crippen molar-refractivity contribution >= 4 is 6.03 Å². The summed E-state index contributed by atoms with van der Waals surface area (Å²) in [5.74, 6) is 1.48. The van der Waals surface area contributed by atoms with E-state index in [4.69, 9.17) is 0 Å². The molecule has 0 aliphatic rings. The lowest BCUT2D eigenvalue weighted by Gasteiger charge is -2.03. The summed E-state index contributed by atoms with van der Waals surface area (Å²) in [6, 6.07) is -0.318. The summed E-state index contributed by atoms with van der Waals surface area (Å²) in [6.07, 6.45) is 12.2. The lowest BCUT2D eigenvalue weighted by Crippen LogP contribution is -2.23. The Morgan fingerprint density at radius 2 is 1.78 bits per heavy atom. The van der Waals surface area contributed by atoms with E-state index in [0.717, 1.165) is 50.2 Å². The molecule has 7 nitrogen and oxygen atoms in total. The van der Waals surface area contributed by atoms with Gasteiger partial charge < -0.3 is 0 Å². The first-order valence-corrected chi connectivity index (χ1v) is 8.60. The molecule has 0 amide bonds. The van der Waals surface area contributed by atoms with Gasteiger partial charge in [-0.25, -0.2) is 14.8 Å². The van der Waals surface area contributed by atoms with E-state index in [1.165, 1.54) is 41.3 Å². The topological polar surface area (TPSA) is 78.5 Å². The minimum atomic E-state index is -0.318. The maximum absolute atomic E-state index is 12.5. The van der Waals surface area contributed by atoms with Gasteiger partial charge in [-0.3, -0.25) is 0 Å². The van der Waals surface area contributed by atoms with E-state index in [2.05, 4.69) is 34.0 Å². The van der Waals surface area contributed by atoms with E-state index >= 15 is 0 Å². The zero-order chi connectivity index (χ0) is 16.5. The minimum absolute atomic E-state index is 0.318. The Hall–Kier alpha value is -2.05. The molecule has 0 aliphatic heterocycles. The predicted octanol–water partition coefficient (Wildman–Crippen LogP) is 3.24. The quantitative estimate of drug-likeness (QED) is 0.663. The molecule has 2 rings (SSSR count). The van der Waals surface area contributed by atoms with Gasteiger partial charge in [0.15, 0.2) is 5.82 Å². The highest BCUT2D eigenvalue weighted by atomic mass is 16.2. The number of carbonyl (C=O) groups excluding carboxylic acids is 1. The third-order valence-electron chi connectivity index (χ3n) is 3.77. The average Bonchev–Trinajstić information content (AvgIpc) is 3.21. The monoisotopic (exact) mass is 318 g/mol. The zero-order valence-electron chi connectivity index (χ0n) is 14.1. The van der Waals surface area contributed by atoms with Crippen LogP contribution in [0.2, 0.25) is 0 Å². The first kappa shape index (κ1) is 17.3. The first-order chi connectivity index (χ1) is 11.3. The molecule has 2 aromatic rings. The van der Waals surface area contributed by atoms with Gasteiger partial charge in [0, 0.05) is 12.8 Å². The Bertz CT molecular complexity index is 590. The summed E-state index contributed by atoms with van der Waals surface area (Å²) in [6.45, 7) is 4.35. The molecule has 2 aromatic heterocycles. The van der Waals surface area contributed by atoms with Crippen LogP contribution in [0.3, 0.4) is 0 Å². The number of rotatable bonds is 9. The Morgan fingerprint density at radius 1 is 1.04 bits per heavy atom. The van der Waals surface area contributed by atoms with Crippen LogP contribution in [0.4, 0.5) is 4.79 Å². The Kier molecular flexibility index (Phi) is 6.90. The average molecular weight is 318 g/mol. The van der Waals surface area contributed by atoms with Crippen LogP contribution in [0, 0.1) is 0 Å². The number of aryl methyl sites for hydroxylation is 2. The van der Waals surface area contributed by atoms with Crippen LogP contribution in [-0.4, -0.2) is 35.6 Å². The van der Waals surface area contributed by atoms with E-state index in [0.29, 0.717) is 0 Å². The van der Waals surface area contributed by atoms with Crippen LogP contribution in [0.15, 0.2) is 12.7 Å². The van der Waals surface area contributed by atoms with E-state index < -0.39 is 0 Å². The SMILES string of the molecule is CCCCCCc1nc(CCCCC)n(C(=O)n2cncn2)n1. The molecule has 0 atom stereocenters. The zero-order valence-corrected chi connectivity index (χ0v) is 14.1. The molecule has 0 N–H and O–H groups in total. The molecular formula is C16H26N6O. The van der Waals surface area contributed by atoms with Gasteiger partial charge in [0.1, 0.15) is 18.5 Å². The van der Waals surface area contributed by atoms with Crippen molar-refractivity contribution in [3.05, 3.63) is 24.3 Å². The summed E-state index contributed by atoms with van der Waals surface area (Å²) in [5, 5.41) is 8.30. The summed E-state index contributed by atoms with van der Waals surface area (Å²) < 4.78 is 2.58. The fourth-order valence-electron chi connectivity index (χ4n) is 2.46. The maximum atomic E-state index is 12.5. The Balaban J connectivity index is 2.09. The number of nitrogens with zero attached hydrogens (tertiary/aromatic N) is 6. The third-order valence-corrected chi connectivity index (χ3v) is 3.77. The van der Waals surface area contributed by atoms with Gasteiger partial charge in [-0.05, 0) is 12.8 Å². The van der Waals surface area contributed by atoms with Crippen LogP contribution in [0.5, 0.6) is 0 Å². The summed E-state index contributed by atoms with van der Waals surface area (Å²) in [7, 11) is 0. The maximum Gasteiger partial charge on any atom is 0.372 e. The van der Waals surface area contributed by atoms with Crippen LogP contribution < -0.4 is 0 Å². The third kappa shape index (κ3) is 4.97. The molecule has 0 aromatic carbocycles. The molecule has 23 heavy (non-hydrogen) atoms. The van der Waals surface area contributed by atoms with E-state index in [-0.39, 0.29) is 6.03 Å². The normalized spacial score (nSPS) is 11.0. The van der Waals surface area contributed by atoms with Gasteiger partial charge in [-0.1, -0.05) is 46.0 Å². The Labute approximate surface area is 137 Å². The molecule has 7 heteroatoms. The fourth-order valence-corrected chi connectivity index (χ4v) is 2.46. The summed E-state index contributed by atoms with van der Waals surface area (Å²) in [5.41, 5.74) is 0. The number of aromatic nitrogens is 6. The molecule has 126 valence electrons. The van der Waals surface area contributed by atoms with Crippen molar-refractivity contribution in [1.82, 2.24) is 29.5 Å². The lowest BCUT2D eigenvalue weighted by molar-refractivity contribution is 0.237. The van der Waals surface area contributed by atoms with Crippen molar-refractivity contribution in [1.29, 1.82) is 0 Å². The largest absolute Gasteiger partial charge is 0.372 e. The number of hydrogen-bond donors (Lipinski definition) is 0. The second-order valence-corrected chi connectivity index (χ2v) is 5.75. The van der Waals surface area contributed by atoms with Crippen molar-refractivity contribution < 1.29 is 4.79 Å². The summed E-state index contributed by atoms with van der Waals surface area (Å²) >= 11 is 0. The number of unbranched alkanes of at least 4 members (excludes halogenated alkanes) is 5. The van der Waals surface area contributed by atoms with E-state index in [1.807, 2.05) is 0 Å².